The van der Waals surface area contributed by atoms with Crippen LogP contribution in [-0.2, 0) is 4.74 Å². The monoisotopic (exact) mass is 345 g/mol. The predicted octanol–water partition coefficient (Wildman–Crippen LogP) is 1.41. The molecule has 3 aliphatic heterocycles. The van der Waals surface area contributed by atoms with E-state index in [1.54, 1.807) is 0 Å². The standard InChI is InChI=1S/C19H31N5O/c1-16-4-5-18(21-20-16)24-7-3-6-19(15-24)12-17(14-25-19)13-23-10-8-22(2)9-11-23/h4-5,17H,3,6-15H2,1-2H3. The number of hydrogen-bond acceptors (Lipinski definition) is 6. The van der Waals surface area contributed by atoms with Crippen molar-refractivity contribution in [3.8, 4) is 0 Å². The van der Waals surface area contributed by atoms with E-state index >= 15 is 0 Å². The molecule has 0 amide bonds. The predicted molar refractivity (Wildman–Crippen MR) is 98.9 cm³/mol. The molecule has 3 aliphatic rings. The number of anilines is 1. The van der Waals surface area contributed by atoms with Crippen LogP contribution in [0, 0.1) is 12.8 Å². The highest BCUT2D eigenvalue weighted by atomic mass is 16.5. The minimum atomic E-state index is 0.0298. The summed E-state index contributed by atoms with van der Waals surface area (Å²) in [6.07, 6.45) is 3.55. The fourth-order valence-corrected chi connectivity index (χ4v) is 4.59. The van der Waals surface area contributed by atoms with Crippen LogP contribution in [0.5, 0.6) is 0 Å². The van der Waals surface area contributed by atoms with Crippen molar-refractivity contribution in [1.82, 2.24) is 20.0 Å². The first-order valence-corrected chi connectivity index (χ1v) is 9.72. The Hall–Kier alpha value is -1.24. The van der Waals surface area contributed by atoms with E-state index in [1.165, 1.54) is 52.0 Å². The van der Waals surface area contributed by atoms with E-state index in [4.69, 9.17) is 4.74 Å². The Morgan fingerprint density at radius 2 is 2.00 bits per heavy atom. The lowest BCUT2D eigenvalue weighted by Crippen LogP contribution is -2.49. The third kappa shape index (κ3) is 3.96. The van der Waals surface area contributed by atoms with Gasteiger partial charge < -0.3 is 19.4 Å². The zero-order valence-electron chi connectivity index (χ0n) is 15.7. The van der Waals surface area contributed by atoms with Gasteiger partial charge >= 0.3 is 0 Å². The maximum absolute atomic E-state index is 6.41. The van der Waals surface area contributed by atoms with Crippen molar-refractivity contribution in [2.24, 2.45) is 5.92 Å². The van der Waals surface area contributed by atoms with Crippen LogP contribution in [0.15, 0.2) is 12.1 Å². The molecule has 0 bridgehead atoms. The number of aromatic nitrogens is 2. The van der Waals surface area contributed by atoms with Crippen LogP contribution in [-0.4, -0.2) is 85.1 Å². The second-order valence-corrected chi connectivity index (χ2v) is 8.23. The van der Waals surface area contributed by atoms with Crippen LogP contribution < -0.4 is 4.90 Å². The fourth-order valence-electron chi connectivity index (χ4n) is 4.59. The van der Waals surface area contributed by atoms with Gasteiger partial charge in [-0.1, -0.05) is 0 Å². The molecule has 1 spiro atoms. The second-order valence-electron chi connectivity index (χ2n) is 8.23. The van der Waals surface area contributed by atoms with Crippen LogP contribution in [0.4, 0.5) is 5.82 Å². The summed E-state index contributed by atoms with van der Waals surface area (Å²) in [5.74, 6) is 1.67. The van der Waals surface area contributed by atoms with E-state index in [2.05, 4.69) is 44.1 Å². The summed E-state index contributed by atoms with van der Waals surface area (Å²) < 4.78 is 6.41. The molecule has 3 saturated heterocycles. The molecular weight excluding hydrogens is 314 g/mol. The van der Waals surface area contributed by atoms with E-state index in [-0.39, 0.29) is 5.60 Å². The maximum atomic E-state index is 6.41. The topological polar surface area (TPSA) is 44.7 Å². The highest BCUT2D eigenvalue weighted by Crippen LogP contribution is 2.38. The van der Waals surface area contributed by atoms with E-state index in [0.29, 0.717) is 5.92 Å². The second kappa shape index (κ2) is 7.17. The van der Waals surface area contributed by atoms with E-state index < -0.39 is 0 Å². The minimum Gasteiger partial charge on any atom is -0.373 e. The SMILES string of the molecule is Cc1ccc(N2CCCC3(CC(CN4CCN(C)CC4)CO3)C2)nn1. The van der Waals surface area contributed by atoms with Gasteiger partial charge in [-0.3, -0.25) is 0 Å². The van der Waals surface area contributed by atoms with Crippen LogP contribution in [0.1, 0.15) is 25.0 Å². The summed E-state index contributed by atoms with van der Waals surface area (Å²) in [6.45, 7) is 10.9. The van der Waals surface area contributed by atoms with Gasteiger partial charge in [-0.2, -0.15) is 5.10 Å². The van der Waals surface area contributed by atoms with Crippen molar-refractivity contribution in [2.75, 3.05) is 64.4 Å². The Balaban J connectivity index is 1.35. The number of hydrogen-bond donors (Lipinski definition) is 0. The van der Waals surface area contributed by atoms with E-state index in [1.807, 2.05) is 6.92 Å². The lowest BCUT2D eigenvalue weighted by molar-refractivity contribution is -0.00755. The molecule has 4 heterocycles. The lowest BCUT2D eigenvalue weighted by Gasteiger charge is -2.40. The van der Waals surface area contributed by atoms with Gasteiger partial charge in [-0.05, 0) is 51.3 Å². The zero-order valence-corrected chi connectivity index (χ0v) is 15.7. The fraction of sp³-hybridized carbons (Fsp3) is 0.789. The minimum absolute atomic E-state index is 0.0298. The first kappa shape index (κ1) is 17.2. The molecule has 1 aromatic heterocycles. The van der Waals surface area contributed by atoms with Crippen molar-refractivity contribution >= 4 is 5.82 Å². The number of ether oxygens (including phenoxy) is 1. The summed E-state index contributed by atoms with van der Waals surface area (Å²) in [4.78, 5) is 7.41. The number of piperazine rings is 1. The normalized spacial score (nSPS) is 31.8. The molecule has 6 nitrogen and oxygen atoms in total. The molecule has 0 N–H and O–H groups in total. The van der Waals surface area contributed by atoms with Gasteiger partial charge in [0.1, 0.15) is 0 Å². The van der Waals surface area contributed by atoms with Crippen molar-refractivity contribution in [1.29, 1.82) is 0 Å². The Labute approximate surface area is 151 Å². The van der Waals surface area contributed by atoms with Gasteiger partial charge in [0, 0.05) is 45.8 Å². The van der Waals surface area contributed by atoms with E-state index in [9.17, 15) is 0 Å². The average Bonchev–Trinajstić information content (AvgIpc) is 2.99. The maximum Gasteiger partial charge on any atom is 0.151 e. The quantitative estimate of drug-likeness (QED) is 0.825. The molecule has 4 rings (SSSR count). The van der Waals surface area contributed by atoms with Crippen LogP contribution in [0.2, 0.25) is 0 Å². The number of aryl methyl sites for hydroxylation is 1. The Kier molecular flexibility index (Phi) is 4.93. The summed E-state index contributed by atoms with van der Waals surface area (Å²) >= 11 is 0. The largest absolute Gasteiger partial charge is 0.373 e. The third-order valence-electron chi connectivity index (χ3n) is 6.05. The smallest absolute Gasteiger partial charge is 0.151 e. The molecule has 6 heteroatoms. The van der Waals surface area contributed by atoms with Gasteiger partial charge in [0.25, 0.3) is 0 Å². The molecule has 3 fully saturated rings. The van der Waals surface area contributed by atoms with Gasteiger partial charge in [0.05, 0.1) is 17.9 Å². The number of nitrogens with zero attached hydrogens (tertiary/aromatic N) is 5. The molecule has 25 heavy (non-hydrogen) atoms. The Morgan fingerprint density at radius 3 is 2.76 bits per heavy atom. The zero-order chi connectivity index (χ0) is 17.3. The van der Waals surface area contributed by atoms with Crippen molar-refractivity contribution in [2.45, 2.75) is 31.8 Å². The molecule has 0 aromatic carbocycles. The summed E-state index contributed by atoms with van der Waals surface area (Å²) in [7, 11) is 2.22. The molecule has 2 atom stereocenters. The molecule has 0 aliphatic carbocycles. The summed E-state index contributed by atoms with van der Waals surface area (Å²) in [5, 5.41) is 8.61. The number of rotatable bonds is 3. The highest BCUT2D eigenvalue weighted by Gasteiger charge is 2.44. The molecule has 0 saturated carbocycles. The van der Waals surface area contributed by atoms with Crippen molar-refractivity contribution in [3.05, 3.63) is 17.8 Å². The van der Waals surface area contributed by atoms with Crippen molar-refractivity contribution in [3.63, 3.8) is 0 Å². The average molecular weight is 345 g/mol. The van der Waals surface area contributed by atoms with Crippen LogP contribution in [0.3, 0.4) is 0 Å². The first-order valence-electron chi connectivity index (χ1n) is 9.72. The van der Waals surface area contributed by atoms with Crippen molar-refractivity contribution < 1.29 is 4.74 Å². The van der Waals surface area contributed by atoms with E-state index in [0.717, 1.165) is 31.2 Å². The van der Waals surface area contributed by atoms with Gasteiger partial charge in [-0.15, -0.1) is 5.10 Å². The molecule has 2 unspecified atom stereocenters. The highest BCUT2D eigenvalue weighted by molar-refractivity contribution is 5.38. The molecule has 1 aromatic rings. The number of likely N-dealkylation sites (N-methyl/N-ethyl adjacent to an activating group) is 1. The lowest BCUT2D eigenvalue weighted by atomic mass is 9.86. The molecular formula is C19H31N5O. The summed E-state index contributed by atoms with van der Waals surface area (Å²) in [5.41, 5.74) is 1.00. The number of piperidine rings is 1. The Bertz CT molecular complexity index is 572. The summed E-state index contributed by atoms with van der Waals surface area (Å²) in [6, 6.07) is 4.15. The third-order valence-corrected chi connectivity index (χ3v) is 6.05. The first-order chi connectivity index (χ1) is 12.1. The van der Waals surface area contributed by atoms with Gasteiger partial charge in [0.15, 0.2) is 5.82 Å². The van der Waals surface area contributed by atoms with Gasteiger partial charge in [-0.25, -0.2) is 0 Å². The molecule has 0 radical (unpaired) electrons. The van der Waals surface area contributed by atoms with Crippen LogP contribution >= 0.6 is 0 Å². The Morgan fingerprint density at radius 1 is 1.16 bits per heavy atom. The van der Waals surface area contributed by atoms with Crippen LogP contribution in [0.25, 0.3) is 0 Å². The molecule has 138 valence electrons. The van der Waals surface area contributed by atoms with Gasteiger partial charge in [0.2, 0.25) is 0 Å².